The Balaban J connectivity index is 2.66. The summed E-state index contributed by atoms with van der Waals surface area (Å²) in [6.45, 7) is 6.97. The van der Waals surface area contributed by atoms with Crippen molar-refractivity contribution in [2.45, 2.75) is 39.8 Å². The minimum atomic E-state index is -0.948. The first-order valence-corrected chi connectivity index (χ1v) is 6.47. The standard InChI is InChI=1S/C14H20N2O4/c1-8(2)20-12-6-5-11(7-15-12)13(17)16-10(4)9(3)14(18)19/h5-10H,1-4H3,(H,16,17)(H,18,19). The molecule has 0 radical (unpaired) electrons. The molecule has 1 rings (SSSR count). The molecule has 1 aromatic rings. The molecule has 20 heavy (non-hydrogen) atoms. The smallest absolute Gasteiger partial charge is 0.308 e. The maximum atomic E-state index is 11.9. The first-order valence-electron chi connectivity index (χ1n) is 6.47. The molecule has 0 fully saturated rings. The van der Waals surface area contributed by atoms with Crippen molar-refractivity contribution in [1.82, 2.24) is 10.3 Å². The summed E-state index contributed by atoms with van der Waals surface area (Å²) < 4.78 is 5.38. The highest BCUT2D eigenvalue weighted by Crippen LogP contribution is 2.10. The van der Waals surface area contributed by atoms with Gasteiger partial charge in [0.2, 0.25) is 5.88 Å². The molecule has 1 amide bonds. The van der Waals surface area contributed by atoms with E-state index >= 15 is 0 Å². The Morgan fingerprint density at radius 1 is 1.25 bits per heavy atom. The molecule has 0 saturated heterocycles. The fourth-order valence-corrected chi connectivity index (χ4v) is 1.45. The van der Waals surface area contributed by atoms with Gasteiger partial charge >= 0.3 is 5.97 Å². The van der Waals surface area contributed by atoms with Crippen LogP contribution in [-0.2, 0) is 4.79 Å². The molecule has 0 aliphatic carbocycles. The zero-order valence-corrected chi connectivity index (χ0v) is 12.1. The summed E-state index contributed by atoms with van der Waals surface area (Å²) in [6, 6.07) is 2.74. The van der Waals surface area contributed by atoms with Crippen LogP contribution in [0.4, 0.5) is 0 Å². The Bertz CT molecular complexity index is 471. The van der Waals surface area contributed by atoms with E-state index in [0.29, 0.717) is 11.4 Å². The molecule has 110 valence electrons. The topological polar surface area (TPSA) is 88.5 Å². The molecular weight excluding hydrogens is 260 g/mol. The first kappa shape index (κ1) is 15.9. The Morgan fingerprint density at radius 2 is 1.90 bits per heavy atom. The van der Waals surface area contributed by atoms with Crippen molar-refractivity contribution in [3.05, 3.63) is 23.9 Å². The van der Waals surface area contributed by atoms with Gasteiger partial charge in [-0.1, -0.05) is 0 Å². The van der Waals surface area contributed by atoms with E-state index in [1.54, 1.807) is 26.0 Å². The van der Waals surface area contributed by atoms with Crippen molar-refractivity contribution in [2.24, 2.45) is 5.92 Å². The minimum absolute atomic E-state index is 0.0126. The van der Waals surface area contributed by atoms with Gasteiger partial charge in [0.05, 0.1) is 17.6 Å². The second kappa shape index (κ2) is 6.88. The molecule has 2 unspecified atom stereocenters. The molecule has 2 N–H and O–H groups in total. The van der Waals surface area contributed by atoms with E-state index in [9.17, 15) is 9.59 Å². The zero-order chi connectivity index (χ0) is 15.3. The summed E-state index contributed by atoms with van der Waals surface area (Å²) in [7, 11) is 0. The van der Waals surface area contributed by atoms with Gasteiger partial charge in [-0.15, -0.1) is 0 Å². The number of carbonyl (C=O) groups is 2. The molecule has 0 aliphatic rings. The van der Waals surface area contributed by atoms with Crippen LogP contribution < -0.4 is 10.1 Å². The van der Waals surface area contributed by atoms with E-state index < -0.39 is 17.9 Å². The molecular formula is C14H20N2O4. The fourth-order valence-electron chi connectivity index (χ4n) is 1.45. The van der Waals surface area contributed by atoms with Crippen LogP contribution in [0.3, 0.4) is 0 Å². The van der Waals surface area contributed by atoms with Crippen LogP contribution in [0.15, 0.2) is 18.3 Å². The highest BCUT2D eigenvalue weighted by atomic mass is 16.5. The molecule has 1 heterocycles. The van der Waals surface area contributed by atoms with E-state index in [1.807, 2.05) is 13.8 Å². The van der Waals surface area contributed by atoms with Gasteiger partial charge in [-0.05, 0) is 33.8 Å². The molecule has 6 nitrogen and oxygen atoms in total. The average Bonchev–Trinajstić information content (AvgIpc) is 2.37. The molecule has 2 atom stereocenters. The summed E-state index contributed by atoms with van der Waals surface area (Å²) >= 11 is 0. The van der Waals surface area contributed by atoms with E-state index in [-0.39, 0.29) is 12.0 Å². The van der Waals surface area contributed by atoms with E-state index in [1.165, 1.54) is 6.20 Å². The second-order valence-electron chi connectivity index (χ2n) is 4.94. The van der Waals surface area contributed by atoms with E-state index in [4.69, 9.17) is 9.84 Å². The normalized spacial score (nSPS) is 13.7. The maximum absolute atomic E-state index is 11.9. The number of hydrogen-bond acceptors (Lipinski definition) is 4. The second-order valence-corrected chi connectivity index (χ2v) is 4.94. The Hall–Kier alpha value is -2.11. The summed E-state index contributed by atoms with van der Waals surface area (Å²) in [4.78, 5) is 26.8. The molecule has 0 spiro atoms. The number of pyridine rings is 1. The van der Waals surface area contributed by atoms with Crippen LogP contribution in [0.1, 0.15) is 38.1 Å². The molecule has 6 heteroatoms. The van der Waals surface area contributed by atoms with Gasteiger partial charge in [-0.2, -0.15) is 0 Å². The monoisotopic (exact) mass is 280 g/mol. The highest BCUT2D eigenvalue weighted by Gasteiger charge is 2.21. The lowest BCUT2D eigenvalue weighted by Gasteiger charge is -2.17. The number of carboxylic acids is 1. The molecule has 0 saturated carbocycles. The summed E-state index contributed by atoms with van der Waals surface area (Å²) in [6.07, 6.45) is 1.42. The summed E-state index contributed by atoms with van der Waals surface area (Å²) in [5.41, 5.74) is 0.366. The van der Waals surface area contributed by atoms with Crippen LogP contribution in [0.25, 0.3) is 0 Å². The number of rotatable bonds is 6. The van der Waals surface area contributed by atoms with Crippen molar-refractivity contribution in [3.8, 4) is 5.88 Å². The van der Waals surface area contributed by atoms with Crippen molar-refractivity contribution in [3.63, 3.8) is 0 Å². The van der Waals surface area contributed by atoms with Crippen LogP contribution in [0.2, 0.25) is 0 Å². The summed E-state index contributed by atoms with van der Waals surface area (Å²) in [5, 5.41) is 11.5. The van der Waals surface area contributed by atoms with Crippen LogP contribution in [-0.4, -0.2) is 34.1 Å². The predicted molar refractivity (Wildman–Crippen MR) is 73.7 cm³/mol. The Kier molecular flexibility index (Phi) is 5.49. The lowest BCUT2D eigenvalue weighted by atomic mass is 10.0. The van der Waals surface area contributed by atoms with Crippen LogP contribution in [0.5, 0.6) is 5.88 Å². The van der Waals surface area contributed by atoms with Gasteiger partial charge < -0.3 is 15.2 Å². The van der Waals surface area contributed by atoms with Gasteiger partial charge in [0.1, 0.15) is 0 Å². The SMILES string of the molecule is CC(C)Oc1ccc(C(=O)NC(C)C(C)C(=O)O)cn1. The third kappa shape index (κ3) is 4.53. The number of hydrogen-bond donors (Lipinski definition) is 2. The number of nitrogens with one attached hydrogen (secondary N) is 1. The van der Waals surface area contributed by atoms with Crippen molar-refractivity contribution < 1.29 is 19.4 Å². The van der Waals surface area contributed by atoms with Gasteiger partial charge in [0.15, 0.2) is 0 Å². The summed E-state index contributed by atoms with van der Waals surface area (Å²) in [5.74, 6) is -1.51. The van der Waals surface area contributed by atoms with Crippen molar-refractivity contribution in [1.29, 1.82) is 0 Å². The van der Waals surface area contributed by atoms with E-state index in [0.717, 1.165) is 0 Å². The van der Waals surface area contributed by atoms with Gasteiger partial charge in [-0.25, -0.2) is 4.98 Å². The molecule has 0 aromatic carbocycles. The number of aliphatic carboxylic acids is 1. The predicted octanol–water partition coefficient (Wildman–Crippen LogP) is 1.71. The lowest BCUT2D eigenvalue weighted by molar-refractivity contribution is -0.141. The van der Waals surface area contributed by atoms with Gasteiger partial charge in [-0.3, -0.25) is 9.59 Å². The zero-order valence-electron chi connectivity index (χ0n) is 12.1. The van der Waals surface area contributed by atoms with Crippen LogP contribution in [0, 0.1) is 5.92 Å². The average molecular weight is 280 g/mol. The third-order valence-electron chi connectivity index (χ3n) is 2.85. The lowest BCUT2D eigenvalue weighted by Crippen LogP contribution is -2.40. The highest BCUT2D eigenvalue weighted by molar-refractivity contribution is 5.94. The number of nitrogens with zero attached hydrogens (tertiary/aromatic N) is 1. The first-order chi connectivity index (χ1) is 9.31. The van der Waals surface area contributed by atoms with Gasteiger partial charge in [0.25, 0.3) is 5.91 Å². The number of carboxylic acid groups (broad SMARTS) is 1. The maximum Gasteiger partial charge on any atom is 0.308 e. The number of ether oxygens (including phenoxy) is 1. The van der Waals surface area contributed by atoms with Crippen molar-refractivity contribution >= 4 is 11.9 Å². The quantitative estimate of drug-likeness (QED) is 0.828. The molecule has 1 aromatic heterocycles. The molecule has 0 aliphatic heterocycles. The number of amides is 1. The van der Waals surface area contributed by atoms with Crippen molar-refractivity contribution in [2.75, 3.05) is 0 Å². The Labute approximate surface area is 118 Å². The Morgan fingerprint density at radius 3 is 2.35 bits per heavy atom. The number of aromatic nitrogens is 1. The van der Waals surface area contributed by atoms with Crippen LogP contribution >= 0.6 is 0 Å². The number of carbonyl (C=O) groups excluding carboxylic acids is 1. The minimum Gasteiger partial charge on any atom is -0.481 e. The van der Waals surface area contributed by atoms with E-state index in [2.05, 4.69) is 10.3 Å². The molecule has 0 bridgehead atoms. The largest absolute Gasteiger partial charge is 0.481 e. The van der Waals surface area contributed by atoms with Gasteiger partial charge in [0, 0.05) is 18.3 Å². The third-order valence-corrected chi connectivity index (χ3v) is 2.85. The fraction of sp³-hybridized carbons (Fsp3) is 0.500.